The zero-order valence-electron chi connectivity index (χ0n) is 10.2. The number of halogens is 1. The third-order valence-electron chi connectivity index (χ3n) is 3.88. The Kier molecular flexibility index (Phi) is 3.01. The number of carbonyl (C=O) groups is 1. The number of nitrogens with zero attached hydrogens (tertiary/aromatic N) is 1. The van der Waals surface area contributed by atoms with Crippen molar-refractivity contribution in [2.45, 2.75) is 18.4 Å². The lowest BCUT2D eigenvalue weighted by molar-refractivity contribution is -0.385. The fourth-order valence-electron chi connectivity index (χ4n) is 2.99. The zero-order chi connectivity index (χ0) is 14.4. The van der Waals surface area contributed by atoms with E-state index in [9.17, 15) is 20.0 Å². The van der Waals surface area contributed by atoms with Crippen LogP contribution in [0.1, 0.15) is 17.9 Å². The van der Waals surface area contributed by atoms with Crippen LogP contribution in [0.3, 0.4) is 0 Å². The maximum atomic E-state index is 11.4. The summed E-state index contributed by atoms with van der Waals surface area (Å²) in [5, 5.41) is 23.3. The Balaban J connectivity index is 2.15. The molecule has 7 heteroatoms. The Morgan fingerprint density at radius 1 is 1.50 bits per heavy atom. The van der Waals surface area contributed by atoms with E-state index in [1.807, 2.05) is 12.2 Å². The quantitative estimate of drug-likeness (QED) is 0.491. The van der Waals surface area contributed by atoms with Gasteiger partial charge in [0.1, 0.15) is 6.04 Å². The molecule has 3 rings (SSSR count). The highest BCUT2D eigenvalue weighted by Crippen LogP contribution is 2.48. The van der Waals surface area contributed by atoms with Crippen molar-refractivity contribution in [3.63, 3.8) is 0 Å². The zero-order valence-corrected chi connectivity index (χ0v) is 11.8. The molecule has 1 aromatic rings. The van der Waals surface area contributed by atoms with E-state index in [0.717, 1.165) is 5.56 Å². The van der Waals surface area contributed by atoms with Crippen molar-refractivity contribution < 1.29 is 14.8 Å². The fourth-order valence-corrected chi connectivity index (χ4v) is 3.57. The minimum absolute atomic E-state index is 0.00486. The van der Waals surface area contributed by atoms with E-state index >= 15 is 0 Å². The van der Waals surface area contributed by atoms with Crippen LogP contribution in [-0.4, -0.2) is 22.0 Å². The molecule has 0 saturated heterocycles. The summed E-state index contributed by atoms with van der Waals surface area (Å²) in [6.45, 7) is 0. The first-order chi connectivity index (χ1) is 9.49. The predicted octanol–water partition coefficient (Wildman–Crippen LogP) is 2.90. The van der Waals surface area contributed by atoms with Gasteiger partial charge in [-0.3, -0.25) is 10.1 Å². The molecule has 6 nitrogen and oxygen atoms in total. The lowest BCUT2D eigenvalue weighted by Gasteiger charge is -2.35. The summed E-state index contributed by atoms with van der Waals surface area (Å²) in [5.41, 5.74) is 1.42. The molecule has 0 radical (unpaired) electrons. The number of benzene rings is 1. The average molecular weight is 339 g/mol. The van der Waals surface area contributed by atoms with Crippen molar-refractivity contribution >= 4 is 33.3 Å². The van der Waals surface area contributed by atoms with Crippen LogP contribution in [0, 0.1) is 16.0 Å². The van der Waals surface area contributed by atoms with Gasteiger partial charge >= 0.3 is 5.97 Å². The highest BCUT2D eigenvalue weighted by atomic mass is 79.9. The highest BCUT2D eigenvalue weighted by Gasteiger charge is 2.42. The van der Waals surface area contributed by atoms with Gasteiger partial charge in [0.05, 0.1) is 10.6 Å². The number of hydrogen-bond acceptors (Lipinski definition) is 4. The molecule has 2 aliphatic rings. The Morgan fingerprint density at radius 2 is 2.25 bits per heavy atom. The Bertz CT molecular complexity index is 644. The number of allylic oxidation sites excluding steroid dienone is 2. The van der Waals surface area contributed by atoms with Crippen LogP contribution in [0.15, 0.2) is 28.8 Å². The summed E-state index contributed by atoms with van der Waals surface area (Å²) >= 11 is 3.29. The van der Waals surface area contributed by atoms with Gasteiger partial charge in [-0.15, -0.1) is 0 Å². The number of non-ortho nitro benzene ring substituents is 1. The van der Waals surface area contributed by atoms with Crippen LogP contribution in [0.5, 0.6) is 0 Å². The molecule has 0 amide bonds. The molecule has 1 aromatic carbocycles. The summed E-state index contributed by atoms with van der Waals surface area (Å²) in [6, 6.07) is 2.24. The van der Waals surface area contributed by atoms with Gasteiger partial charge in [-0.05, 0) is 27.9 Å². The van der Waals surface area contributed by atoms with Crippen molar-refractivity contribution in [1.82, 2.24) is 0 Å². The number of rotatable bonds is 2. The fraction of sp³-hybridized carbons (Fsp3) is 0.308. The van der Waals surface area contributed by atoms with E-state index in [2.05, 4.69) is 21.2 Å². The maximum absolute atomic E-state index is 11.4. The van der Waals surface area contributed by atoms with Crippen molar-refractivity contribution in [3.8, 4) is 0 Å². The van der Waals surface area contributed by atoms with E-state index in [1.165, 1.54) is 12.1 Å². The third kappa shape index (κ3) is 1.89. The van der Waals surface area contributed by atoms with Crippen LogP contribution in [0.4, 0.5) is 11.4 Å². The number of carboxylic acids is 1. The standard InChI is InChI=1S/C13H11BrN2O4/c14-10-5-6(16(19)20)4-9-7-2-1-3-8(7)12(13(17)18)15-11(9)10/h1-2,4-5,7-8,12,15H,3H2,(H,17,18). The third-order valence-corrected chi connectivity index (χ3v) is 4.51. The first kappa shape index (κ1) is 13.1. The largest absolute Gasteiger partial charge is 0.480 e. The molecular formula is C13H11BrN2O4. The number of aliphatic carboxylic acids is 1. The lowest BCUT2D eigenvalue weighted by Crippen LogP contribution is -2.42. The van der Waals surface area contributed by atoms with Gasteiger partial charge in [-0.1, -0.05) is 12.2 Å². The normalized spacial score (nSPS) is 26.6. The van der Waals surface area contributed by atoms with Gasteiger partial charge in [0.15, 0.2) is 0 Å². The van der Waals surface area contributed by atoms with Crippen LogP contribution < -0.4 is 5.32 Å². The van der Waals surface area contributed by atoms with Crippen LogP contribution >= 0.6 is 15.9 Å². The summed E-state index contributed by atoms with van der Waals surface area (Å²) in [6.07, 6.45) is 4.54. The van der Waals surface area contributed by atoms with E-state index in [4.69, 9.17) is 0 Å². The predicted molar refractivity (Wildman–Crippen MR) is 75.8 cm³/mol. The first-order valence-electron chi connectivity index (χ1n) is 6.13. The summed E-state index contributed by atoms with van der Waals surface area (Å²) in [5.74, 6) is -1.10. The summed E-state index contributed by atoms with van der Waals surface area (Å²) in [7, 11) is 0. The Labute approximate surface area is 122 Å². The number of nitrogens with one attached hydrogen (secondary N) is 1. The molecule has 0 fully saturated rings. The van der Waals surface area contributed by atoms with Crippen LogP contribution in [-0.2, 0) is 4.79 Å². The average Bonchev–Trinajstić information content (AvgIpc) is 2.86. The maximum Gasteiger partial charge on any atom is 0.326 e. The summed E-state index contributed by atoms with van der Waals surface area (Å²) in [4.78, 5) is 21.9. The van der Waals surface area contributed by atoms with E-state index < -0.39 is 16.9 Å². The van der Waals surface area contributed by atoms with Gasteiger partial charge < -0.3 is 10.4 Å². The topological polar surface area (TPSA) is 92.5 Å². The van der Waals surface area contributed by atoms with Crippen LogP contribution in [0.2, 0.25) is 0 Å². The molecule has 1 heterocycles. The van der Waals surface area contributed by atoms with E-state index in [1.54, 1.807) is 0 Å². The highest BCUT2D eigenvalue weighted by molar-refractivity contribution is 9.10. The van der Waals surface area contributed by atoms with Gasteiger partial charge in [0.25, 0.3) is 5.69 Å². The second-order valence-electron chi connectivity index (χ2n) is 4.96. The summed E-state index contributed by atoms with van der Waals surface area (Å²) < 4.78 is 0.520. The van der Waals surface area contributed by atoms with E-state index in [0.29, 0.717) is 16.6 Å². The molecular weight excluding hydrogens is 328 g/mol. The van der Waals surface area contributed by atoms with Crippen LogP contribution in [0.25, 0.3) is 0 Å². The number of fused-ring (bicyclic) bond motifs is 3. The van der Waals surface area contributed by atoms with Crippen molar-refractivity contribution in [1.29, 1.82) is 0 Å². The molecule has 20 heavy (non-hydrogen) atoms. The molecule has 0 spiro atoms. The number of anilines is 1. The van der Waals surface area contributed by atoms with Gasteiger partial charge in [0, 0.05) is 28.4 Å². The smallest absolute Gasteiger partial charge is 0.326 e. The number of carboxylic acid groups (broad SMARTS) is 1. The number of hydrogen-bond donors (Lipinski definition) is 2. The lowest BCUT2D eigenvalue weighted by atomic mass is 9.79. The molecule has 0 saturated carbocycles. The monoisotopic (exact) mass is 338 g/mol. The second-order valence-corrected chi connectivity index (χ2v) is 5.82. The molecule has 104 valence electrons. The minimum atomic E-state index is -0.903. The van der Waals surface area contributed by atoms with E-state index in [-0.39, 0.29) is 17.5 Å². The first-order valence-corrected chi connectivity index (χ1v) is 6.92. The van der Waals surface area contributed by atoms with Gasteiger partial charge in [0.2, 0.25) is 0 Å². The molecule has 3 unspecified atom stereocenters. The SMILES string of the molecule is O=C(O)C1Nc2c(Br)cc([N+](=O)[O-])cc2C2C=CCC12. The Morgan fingerprint density at radius 3 is 2.90 bits per heavy atom. The van der Waals surface area contributed by atoms with Crippen molar-refractivity contribution in [2.24, 2.45) is 5.92 Å². The molecule has 2 N–H and O–H groups in total. The molecule has 0 bridgehead atoms. The molecule has 1 aliphatic heterocycles. The van der Waals surface area contributed by atoms with Gasteiger partial charge in [-0.2, -0.15) is 0 Å². The van der Waals surface area contributed by atoms with Crippen molar-refractivity contribution in [3.05, 3.63) is 44.4 Å². The molecule has 1 aliphatic carbocycles. The molecule has 0 aromatic heterocycles. The molecule has 3 atom stereocenters. The van der Waals surface area contributed by atoms with Gasteiger partial charge in [-0.25, -0.2) is 4.79 Å². The minimum Gasteiger partial charge on any atom is -0.480 e. The number of nitro groups is 1. The number of nitro benzene ring substituents is 1. The Hall–Kier alpha value is -1.89. The second kappa shape index (κ2) is 4.59. The van der Waals surface area contributed by atoms with Crippen molar-refractivity contribution in [2.75, 3.05) is 5.32 Å².